The molecular formula is C40H59Cl4N11O7. The highest BCUT2D eigenvalue weighted by molar-refractivity contribution is 6.39. The first kappa shape index (κ1) is 61.3. The van der Waals surface area contributed by atoms with Gasteiger partial charge in [-0.3, -0.25) is 54.6 Å². The van der Waals surface area contributed by atoms with Gasteiger partial charge in [-0.2, -0.15) is 5.06 Å². The Morgan fingerprint density at radius 1 is 0.742 bits per heavy atom. The average Bonchev–Trinajstić information content (AvgIpc) is 3.57. The Bertz CT molecular complexity index is 1890. The van der Waals surface area contributed by atoms with Crippen LogP contribution in [0, 0.1) is 12.8 Å². The Morgan fingerprint density at radius 3 is 1.40 bits per heavy atom. The van der Waals surface area contributed by atoms with Crippen LogP contribution in [0.25, 0.3) is 0 Å². The van der Waals surface area contributed by atoms with Crippen molar-refractivity contribution in [3.8, 4) is 12.8 Å². The molecule has 1 fully saturated rings. The molecule has 344 valence electrons. The van der Waals surface area contributed by atoms with Crippen molar-refractivity contribution in [3.63, 3.8) is 0 Å². The molecule has 0 aromatic heterocycles. The number of benzene rings is 4. The maximum atomic E-state index is 11.8. The van der Waals surface area contributed by atoms with E-state index in [9.17, 15) is 14.4 Å². The number of para-hydroxylation sites is 4. The lowest BCUT2D eigenvalue weighted by Crippen LogP contribution is -2.28. The number of carbonyl (C=O) groups excluding carboxylic acids is 2. The topological polar surface area (TPSA) is 363 Å². The number of hydrogen-bond acceptors (Lipinski definition) is 15. The van der Waals surface area contributed by atoms with Gasteiger partial charge in [0, 0.05) is 36.6 Å². The van der Waals surface area contributed by atoms with Gasteiger partial charge in [-0.25, -0.2) is 0 Å². The minimum atomic E-state index is -0.889. The van der Waals surface area contributed by atoms with Crippen LogP contribution in [-0.2, 0) is 27.2 Å². The lowest BCUT2D eigenvalue weighted by molar-refractivity contribution is -0.151. The van der Waals surface area contributed by atoms with Crippen molar-refractivity contribution in [2.24, 2.45) is 35.1 Å². The van der Waals surface area contributed by atoms with E-state index >= 15 is 0 Å². The van der Waals surface area contributed by atoms with Crippen LogP contribution in [0.1, 0.15) is 38.7 Å². The highest BCUT2D eigenvalue weighted by atomic mass is 35.5. The van der Waals surface area contributed by atoms with Gasteiger partial charge in [-0.1, -0.05) is 108 Å². The number of terminal acetylenes is 1. The smallest absolute Gasteiger partial charge is 0.307 e. The van der Waals surface area contributed by atoms with Crippen LogP contribution in [0.4, 0.5) is 22.7 Å². The fourth-order valence-corrected chi connectivity index (χ4v) is 5.31. The molecule has 1 saturated heterocycles. The van der Waals surface area contributed by atoms with Crippen LogP contribution in [0.15, 0.2) is 97.2 Å². The van der Waals surface area contributed by atoms with Gasteiger partial charge in [0.25, 0.3) is 5.91 Å². The number of halogens is 4. The number of carboxylic acids is 1. The molecule has 22 N–H and O–H groups in total. The van der Waals surface area contributed by atoms with Crippen molar-refractivity contribution >= 4 is 86.9 Å². The quantitative estimate of drug-likeness (QED) is 0.0381. The number of hydrazine groups is 3. The van der Waals surface area contributed by atoms with E-state index in [0.717, 1.165) is 17.7 Å². The van der Waals surface area contributed by atoms with Crippen molar-refractivity contribution in [2.45, 2.75) is 39.0 Å². The second kappa shape index (κ2) is 40.0. The van der Waals surface area contributed by atoms with Crippen LogP contribution in [-0.4, -0.2) is 63.1 Å². The predicted molar refractivity (Wildman–Crippen MR) is 252 cm³/mol. The van der Waals surface area contributed by atoms with Gasteiger partial charge in [0.1, 0.15) is 1.37 Å². The Balaban J connectivity index is -0.000000382. The molecule has 4 aromatic rings. The zero-order chi connectivity index (χ0) is 48.0. The van der Waals surface area contributed by atoms with Gasteiger partial charge in [0.15, 0.2) is 0 Å². The minimum absolute atomic E-state index is 0. The van der Waals surface area contributed by atoms with E-state index in [4.69, 9.17) is 68.3 Å². The highest BCUT2D eigenvalue weighted by Crippen LogP contribution is 2.35. The Kier molecular flexibility index (Phi) is 39.6. The zero-order valence-electron chi connectivity index (χ0n) is 35.2. The van der Waals surface area contributed by atoms with Gasteiger partial charge in [-0.15, -0.1) is 12.8 Å². The molecule has 2 amide bonds. The molecule has 4 aromatic carbocycles. The third-order valence-corrected chi connectivity index (χ3v) is 8.25. The Labute approximate surface area is 384 Å². The van der Waals surface area contributed by atoms with Crippen LogP contribution in [0.5, 0.6) is 0 Å². The van der Waals surface area contributed by atoms with Crippen molar-refractivity contribution in [2.75, 3.05) is 30.4 Å². The van der Waals surface area contributed by atoms with Gasteiger partial charge in [-0.05, 0) is 60.4 Å². The summed E-state index contributed by atoms with van der Waals surface area (Å²) in [4.78, 5) is 33.0. The predicted octanol–water partition coefficient (Wildman–Crippen LogP) is 5.52. The molecule has 1 aliphatic heterocycles. The van der Waals surface area contributed by atoms with Crippen LogP contribution >= 0.6 is 46.4 Å². The summed E-state index contributed by atoms with van der Waals surface area (Å²) >= 11 is 24.5. The number of carboxylic acid groups (broad SMARTS) is 1. The first-order chi connectivity index (χ1) is 29.7. The maximum absolute atomic E-state index is 11.8. The van der Waals surface area contributed by atoms with Crippen LogP contribution < -0.4 is 57.2 Å². The maximum Gasteiger partial charge on any atom is 0.307 e. The molecule has 62 heavy (non-hydrogen) atoms. The van der Waals surface area contributed by atoms with E-state index in [-0.39, 0.29) is 44.0 Å². The average molecular weight is 949 g/mol. The van der Waals surface area contributed by atoms with Crippen LogP contribution in [0.2, 0.25) is 20.1 Å². The first-order valence-electron chi connectivity index (χ1n) is 18.1. The van der Waals surface area contributed by atoms with Crippen LogP contribution in [0.3, 0.4) is 0 Å². The fourth-order valence-electron chi connectivity index (χ4n) is 4.33. The number of nitrogens with two attached hydrogens (primary N) is 6. The molecule has 0 atom stereocenters. The first-order valence-corrected chi connectivity index (χ1v) is 19.1. The Hall–Kier alpha value is -5.05. The number of nitrogens with one attached hydrogen (secondary N) is 3. The number of aliphatic carboxylic acids is 1. The molecular weight excluding hydrogens is 888 g/mol. The van der Waals surface area contributed by atoms with Gasteiger partial charge < -0.3 is 37.4 Å². The molecule has 0 bridgehead atoms. The number of allylic oxidation sites excluding steroid dienone is 1. The van der Waals surface area contributed by atoms with E-state index in [1.165, 1.54) is 6.40 Å². The zero-order valence-corrected chi connectivity index (χ0v) is 37.2. The monoisotopic (exact) mass is 946 g/mol. The van der Waals surface area contributed by atoms with Gasteiger partial charge in [0.05, 0.1) is 50.9 Å². The van der Waals surface area contributed by atoms with Crippen molar-refractivity contribution in [3.05, 3.63) is 128 Å². The van der Waals surface area contributed by atoms with Crippen molar-refractivity contribution in [1.29, 1.82) is 0 Å². The number of aliphatic hydroxyl groups excluding tert-OH is 2. The lowest BCUT2D eigenvalue weighted by Gasteiger charge is -2.14. The molecule has 1 heterocycles. The number of anilines is 4. The summed E-state index contributed by atoms with van der Waals surface area (Å²) in [7, 11) is 0. The summed E-state index contributed by atoms with van der Waals surface area (Å²) < 4.78 is 5.74. The standard InChI is InChI=1S/C16H16Cl2N2O2.C14H11Cl2NO2.C5H7NO2.C3H8O.C2H2.3H4N2.H3N/c17-12-5-3-6-13(18)16(12)20-14-7-2-1-4-11(14)10-15(22)19-8-9-21;15-10-5-3-6-11(16)14(10)17-12-7-2-1-4-9(12)8-13(18)19;1-4-2-3-5(7)6(4)8;1-2-3-4;4*1-2;/h1-7,20-21H,8-10H2,(H,19,22);1-7,17H,8H2,(H,18,19);8H,1-3H2;4H,2-3H2,1H3;1-2H;3*1-2H2;1H3/i;;;;1D;;;;. The summed E-state index contributed by atoms with van der Waals surface area (Å²) in [5, 5.41) is 45.6. The lowest BCUT2D eigenvalue weighted by atomic mass is 10.1. The molecule has 0 unspecified atom stereocenters. The Morgan fingerprint density at radius 2 is 1.11 bits per heavy atom. The molecule has 0 radical (unpaired) electrons. The number of rotatable bonds is 11. The molecule has 22 heteroatoms. The summed E-state index contributed by atoms with van der Waals surface area (Å²) in [6, 6.07) is 25.0. The second-order valence-electron chi connectivity index (χ2n) is 11.1. The minimum Gasteiger partial charge on any atom is -0.481 e. The number of aliphatic hydroxyl groups is 2. The molecule has 0 spiro atoms. The van der Waals surface area contributed by atoms with Crippen molar-refractivity contribution < 1.29 is 36.3 Å². The molecule has 0 saturated carbocycles. The molecule has 18 nitrogen and oxygen atoms in total. The number of nitrogens with zero attached hydrogens (tertiary/aromatic N) is 1. The summed E-state index contributed by atoms with van der Waals surface area (Å²) in [6.07, 6.45) is 7.77. The molecule has 0 aliphatic carbocycles. The third kappa shape index (κ3) is 25.7. The van der Waals surface area contributed by atoms with E-state index < -0.39 is 5.97 Å². The van der Waals surface area contributed by atoms with E-state index in [0.29, 0.717) is 72.9 Å². The second-order valence-corrected chi connectivity index (χ2v) is 12.7. The summed E-state index contributed by atoms with van der Waals surface area (Å²) in [5.41, 5.74) is 4.60. The molecule has 5 rings (SSSR count). The van der Waals surface area contributed by atoms with Crippen molar-refractivity contribution in [1.82, 2.24) is 16.5 Å². The number of hydroxylamine groups is 2. The summed E-state index contributed by atoms with van der Waals surface area (Å²) in [6.45, 7) is 5.85. The molecule has 1 aliphatic rings. The summed E-state index contributed by atoms with van der Waals surface area (Å²) in [5.74, 6) is 22.7. The largest absolute Gasteiger partial charge is 0.481 e. The number of amides is 2. The third-order valence-electron chi connectivity index (χ3n) is 6.99. The number of carbonyl (C=O) groups is 3. The van der Waals surface area contributed by atoms with E-state index in [1.54, 1.807) is 54.6 Å². The van der Waals surface area contributed by atoms with E-state index in [2.05, 4.69) is 64.0 Å². The fraction of sp³-hybridized carbons (Fsp3) is 0.225. The van der Waals surface area contributed by atoms with E-state index in [1.807, 2.05) is 37.3 Å². The SMILES string of the molecule is C=C1CCC(=O)N1O.CCCO.N.NN.NN.NN.O=C(Cc1ccccc1Nc1c(Cl)cccc1Cl)NCCO.O=C(O)Cc1ccccc1Nc1c(Cl)cccc1Cl.[2H]C#C. The van der Waals surface area contributed by atoms with Gasteiger partial charge in [0.2, 0.25) is 5.91 Å². The normalized spacial score (nSPS) is 10.3. The van der Waals surface area contributed by atoms with Gasteiger partial charge >= 0.3 is 5.97 Å². The number of hydrogen-bond donors (Lipinski definition) is 14. The highest BCUT2D eigenvalue weighted by Gasteiger charge is 2.21.